The van der Waals surface area contributed by atoms with Crippen LogP contribution in [0.4, 0.5) is 0 Å². The number of likely N-dealkylation sites (tertiary alicyclic amines) is 1. The third kappa shape index (κ3) is 3.11. The highest BCUT2D eigenvalue weighted by Gasteiger charge is 2.49. The molecule has 2 fully saturated rings. The molecule has 2 amide bonds. The molecule has 144 valence electrons. The van der Waals surface area contributed by atoms with Crippen molar-refractivity contribution in [3.63, 3.8) is 0 Å². The van der Waals surface area contributed by atoms with Gasteiger partial charge in [-0.25, -0.2) is 0 Å². The van der Waals surface area contributed by atoms with Crippen molar-refractivity contribution in [3.8, 4) is 0 Å². The van der Waals surface area contributed by atoms with Gasteiger partial charge in [0.25, 0.3) is 5.91 Å². The lowest BCUT2D eigenvalue weighted by Gasteiger charge is -2.39. The van der Waals surface area contributed by atoms with Crippen molar-refractivity contribution in [3.05, 3.63) is 36.0 Å². The van der Waals surface area contributed by atoms with E-state index >= 15 is 0 Å². The van der Waals surface area contributed by atoms with Gasteiger partial charge in [0.1, 0.15) is 11.7 Å². The quantitative estimate of drug-likeness (QED) is 0.652. The molecule has 1 aromatic heterocycles. The van der Waals surface area contributed by atoms with Gasteiger partial charge in [0.2, 0.25) is 5.91 Å². The van der Waals surface area contributed by atoms with Crippen LogP contribution in [0.3, 0.4) is 0 Å². The van der Waals surface area contributed by atoms with Crippen LogP contribution in [-0.2, 0) is 4.79 Å². The zero-order chi connectivity index (χ0) is 19.3. The lowest BCUT2D eigenvalue weighted by Crippen LogP contribution is -2.63. The van der Waals surface area contributed by atoms with Crippen LogP contribution in [0.1, 0.15) is 37.7 Å². The second-order valence-electron chi connectivity index (χ2n) is 8.68. The number of benzene rings is 1. The average molecular weight is 369 g/mol. The van der Waals surface area contributed by atoms with E-state index in [0.29, 0.717) is 5.69 Å². The molecule has 4 unspecified atom stereocenters. The van der Waals surface area contributed by atoms with Gasteiger partial charge >= 0.3 is 0 Å². The number of carbonyl (C=O) groups excluding carboxylic acids is 2. The van der Waals surface area contributed by atoms with Gasteiger partial charge in [-0.1, -0.05) is 39.0 Å². The Bertz CT molecular complexity index is 849. The van der Waals surface area contributed by atoms with E-state index in [1.807, 2.05) is 51.1 Å². The summed E-state index contributed by atoms with van der Waals surface area (Å²) in [4.78, 5) is 31.1. The van der Waals surface area contributed by atoms with Crippen molar-refractivity contribution in [1.29, 1.82) is 0 Å². The van der Waals surface area contributed by atoms with E-state index in [2.05, 4.69) is 15.6 Å². The van der Waals surface area contributed by atoms with Crippen molar-refractivity contribution in [2.24, 2.45) is 11.1 Å². The fourth-order valence-corrected chi connectivity index (χ4v) is 4.19. The second kappa shape index (κ2) is 6.35. The maximum atomic E-state index is 13.3. The van der Waals surface area contributed by atoms with Crippen LogP contribution in [0.25, 0.3) is 10.9 Å². The summed E-state index contributed by atoms with van der Waals surface area (Å²) in [5.74, 6) is -0.385. The smallest absolute Gasteiger partial charge is 0.268 e. The third-order valence-electron chi connectivity index (χ3n) is 5.69. The topological polar surface area (TPSA) is 103 Å². The number of amides is 2. The Morgan fingerprint density at radius 2 is 2.04 bits per heavy atom. The summed E-state index contributed by atoms with van der Waals surface area (Å²) in [5, 5.41) is 7.26. The van der Waals surface area contributed by atoms with Crippen molar-refractivity contribution in [1.82, 2.24) is 20.5 Å². The van der Waals surface area contributed by atoms with Crippen molar-refractivity contribution in [2.75, 3.05) is 6.54 Å². The number of hydrogen-bond donors (Lipinski definition) is 4. The van der Waals surface area contributed by atoms with Gasteiger partial charge in [-0.15, -0.1) is 0 Å². The molecule has 2 bridgehead atoms. The maximum absolute atomic E-state index is 13.3. The van der Waals surface area contributed by atoms with Crippen LogP contribution < -0.4 is 16.4 Å². The zero-order valence-electron chi connectivity index (χ0n) is 16.0. The SMILES string of the molecule is CC(C)(C)C(NC(=O)c1cc2ccccc2[nH]1)C(=O)N1C2CNC(C2)C1N. The normalized spacial score (nSPS) is 25.8. The monoisotopic (exact) mass is 369 g/mol. The fraction of sp³-hybridized carbons (Fsp3) is 0.500. The molecule has 4 atom stereocenters. The number of nitrogens with one attached hydrogen (secondary N) is 3. The van der Waals surface area contributed by atoms with Gasteiger partial charge in [0.15, 0.2) is 0 Å². The Morgan fingerprint density at radius 3 is 2.67 bits per heavy atom. The second-order valence-corrected chi connectivity index (χ2v) is 8.68. The number of hydrogen-bond acceptors (Lipinski definition) is 4. The molecule has 3 heterocycles. The highest BCUT2D eigenvalue weighted by molar-refractivity contribution is 6.00. The Kier molecular flexibility index (Phi) is 4.24. The summed E-state index contributed by atoms with van der Waals surface area (Å²) in [6.45, 7) is 6.63. The van der Waals surface area contributed by atoms with E-state index < -0.39 is 11.5 Å². The molecule has 27 heavy (non-hydrogen) atoms. The van der Waals surface area contributed by atoms with Crippen LogP contribution in [0.15, 0.2) is 30.3 Å². The summed E-state index contributed by atoms with van der Waals surface area (Å²) in [5.41, 5.74) is 7.17. The first-order valence-electron chi connectivity index (χ1n) is 9.45. The molecule has 2 saturated heterocycles. The Hall–Kier alpha value is -2.38. The molecule has 2 aliphatic rings. The van der Waals surface area contributed by atoms with E-state index in [1.54, 1.807) is 4.90 Å². The van der Waals surface area contributed by atoms with Crippen LogP contribution in [-0.4, -0.2) is 52.5 Å². The van der Waals surface area contributed by atoms with Gasteiger partial charge in [-0.05, 0) is 24.0 Å². The number of piperazine rings is 1. The number of fused-ring (bicyclic) bond motifs is 3. The molecular formula is C20H27N5O2. The van der Waals surface area contributed by atoms with Gasteiger partial charge in [-0.3, -0.25) is 9.59 Å². The third-order valence-corrected chi connectivity index (χ3v) is 5.69. The Balaban J connectivity index is 1.57. The first kappa shape index (κ1) is 18.0. The Morgan fingerprint density at radius 1 is 1.30 bits per heavy atom. The maximum Gasteiger partial charge on any atom is 0.268 e. The number of rotatable bonds is 3. The minimum absolute atomic E-state index is 0.103. The molecule has 2 aliphatic heterocycles. The standard InChI is InChI=1S/C20H27N5O2/c1-20(2,3)16(19(27)25-12-9-14(17(25)21)22-10-12)24-18(26)15-8-11-6-4-5-7-13(11)23-15/h4-8,12,14,16-17,22-23H,9-10,21H2,1-3H3,(H,24,26). The summed E-state index contributed by atoms with van der Waals surface area (Å²) < 4.78 is 0. The van der Waals surface area contributed by atoms with Crippen LogP contribution in [0.2, 0.25) is 0 Å². The van der Waals surface area contributed by atoms with Gasteiger partial charge in [-0.2, -0.15) is 0 Å². The van der Waals surface area contributed by atoms with E-state index in [4.69, 9.17) is 5.73 Å². The van der Waals surface area contributed by atoms with Crippen molar-refractivity contribution in [2.45, 2.75) is 51.5 Å². The molecule has 7 heteroatoms. The van der Waals surface area contributed by atoms with E-state index in [0.717, 1.165) is 23.9 Å². The molecule has 1 aromatic carbocycles. The first-order valence-corrected chi connectivity index (χ1v) is 9.45. The van der Waals surface area contributed by atoms with E-state index in [9.17, 15) is 9.59 Å². The van der Waals surface area contributed by atoms with E-state index in [1.165, 1.54) is 0 Å². The molecule has 0 radical (unpaired) electrons. The predicted octanol–water partition coefficient (Wildman–Crippen LogP) is 1.17. The molecular weight excluding hydrogens is 342 g/mol. The van der Waals surface area contributed by atoms with Crippen LogP contribution in [0, 0.1) is 5.41 Å². The first-order chi connectivity index (χ1) is 12.8. The lowest BCUT2D eigenvalue weighted by molar-refractivity contribution is -0.139. The fourth-order valence-electron chi connectivity index (χ4n) is 4.19. The average Bonchev–Trinajstić information content (AvgIpc) is 3.31. The number of aromatic nitrogens is 1. The number of H-pyrrole nitrogens is 1. The van der Waals surface area contributed by atoms with Crippen LogP contribution in [0.5, 0.6) is 0 Å². The molecule has 5 N–H and O–H groups in total. The number of nitrogens with zero attached hydrogens (tertiary/aromatic N) is 1. The van der Waals surface area contributed by atoms with Gasteiger partial charge in [0, 0.05) is 29.5 Å². The summed E-state index contributed by atoms with van der Waals surface area (Å²) in [6.07, 6.45) is 0.533. The highest BCUT2D eigenvalue weighted by atomic mass is 16.2. The molecule has 0 saturated carbocycles. The van der Waals surface area contributed by atoms with Gasteiger partial charge < -0.3 is 26.3 Å². The highest BCUT2D eigenvalue weighted by Crippen LogP contribution is 2.31. The molecule has 0 spiro atoms. The number of nitrogens with two attached hydrogens (primary N) is 1. The molecule has 0 aliphatic carbocycles. The summed E-state index contributed by atoms with van der Waals surface area (Å²) in [6, 6.07) is 9.12. The minimum atomic E-state index is -0.651. The largest absolute Gasteiger partial charge is 0.351 e. The number of carbonyl (C=O) groups is 2. The Labute approximate surface area is 158 Å². The molecule has 4 rings (SSSR count). The minimum Gasteiger partial charge on any atom is -0.351 e. The van der Waals surface area contributed by atoms with Crippen molar-refractivity contribution < 1.29 is 9.59 Å². The number of para-hydroxylation sites is 1. The number of aromatic amines is 1. The summed E-state index contributed by atoms with van der Waals surface area (Å²) >= 11 is 0. The molecule has 7 nitrogen and oxygen atoms in total. The summed E-state index contributed by atoms with van der Waals surface area (Å²) in [7, 11) is 0. The van der Waals surface area contributed by atoms with Gasteiger partial charge in [0.05, 0.1) is 6.17 Å². The molecule has 2 aromatic rings. The van der Waals surface area contributed by atoms with Crippen molar-refractivity contribution >= 4 is 22.7 Å². The lowest BCUT2D eigenvalue weighted by atomic mass is 9.85. The van der Waals surface area contributed by atoms with Crippen LogP contribution >= 0.6 is 0 Å². The predicted molar refractivity (Wildman–Crippen MR) is 104 cm³/mol. The van der Waals surface area contributed by atoms with E-state index in [-0.39, 0.29) is 30.1 Å². The zero-order valence-corrected chi connectivity index (χ0v) is 16.0.